The van der Waals surface area contributed by atoms with Gasteiger partial charge in [0.25, 0.3) is 0 Å². The normalized spacial score (nSPS) is 11.8. The van der Waals surface area contributed by atoms with E-state index in [4.69, 9.17) is 0 Å². The van der Waals surface area contributed by atoms with Crippen molar-refractivity contribution in [2.24, 2.45) is 0 Å². The first-order valence-electron chi connectivity index (χ1n) is 21.8. The van der Waals surface area contributed by atoms with Gasteiger partial charge in [0.1, 0.15) is 0 Å². The number of hydrogen-bond acceptors (Lipinski definition) is 0. The van der Waals surface area contributed by atoms with E-state index in [9.17, 15) is 0 Å². The first-order valence-corrected chi connectivity index (χ1v) is 23.8. The molecule has 3 heteroatoms. The lowest BCUT2D eigenvalue weighted by atomic mass is 9.99. The standard InChI is InChI=1S/C60H42N2Si/c1-6-20-43(21-7-1)44-34-36-46(37-35-44)61-55-32-18-16-30-52(55)54-42-47(38-40-57(54)61)62-56-33-19-17-31-53(56)59-51(45-22-8-2-9-23-45)39-41-58(60(59)62)63(48-24-10-3-11-25-48,49-26-12-4-13-27-49)50-28-14-5-15-29-50/h1-42H. The SMILES string of the molecule is c1ccc(-c2ccc(-n3c4ccccc4c4cc(-n5c6ccccc6c6c(-c7ccccc7)ccc([Si](c7ccccc7)(c7ccccc7)c7ccccc7)c65)ccc43)cc2)cc1. The topological polar surface area (TPSA) is 9.86 Å². The minimum absolute atomic E-state index is 1.14. The van der Waals surface area contributed by atoms with Crippen molar-refractivity contribution in [1.29, 1.82) is 0 Å². The molecule has 0 amide bonds. The number of benzene rings is 10. The number of fused-ring (bicyclic) bond motifs is 6. The largest absolute Gasteiger partial charge is 0.309 e. The van der Waals surface area contributed by atoms with Crippen LogP contribution < -0.4 is 20.7 Å². The molecule has 0 unspecified atom stereocenters. The highest BCUT2D eigenvalue weighted by atomic mass is 28.3. The third-order valence-electron chi connectivity index (χ3n) is 13.1. The Morgan fingerprint density at radius 2 is 0.730 bits per heavy atom. The third-order valence-corrected chi connectivity index (χ3v) is 17.9. The first-order chi connectivity index (χ1) is 31.3. The smallest absolute Gasteiger partial charge is 0.181 e. The predicted molar refractivity (Wildman–Crippen MR) is 270 cm³/mol. The van der Waals surface area contributed by atoms with Crippen LogP contribution in [0, 0.1) is 0 Å². The van der Waals surface area contributed by atoms with Gasteiger partial charge in [-0.15, -0.1) is 0 Å². The Hall–Kier alpha value is -7.98. The Bertz CT molecular complexity index is 3480. The van der Waals surface area contributed by atoms with Crippen LogP contribution in [0.15, 0.2) is 255 Å². The van der Waals surface area contributed by atoms with Crippen molar-refractivity contribution in [3.05, 3.63) is 255 Å². The summed E-state index contributed by atoms with van der Waals surface area (Å²) in [6, 6.07) is 94.3. The molecule has 12 rings (SSSR count). The van der Waals surface area contributed by atoms with E-state index >= 15 is 0 Å². The molecule has 0 aliphatic heterocycles. The molecule has 10 aromatic carbocycles. The zero-order chi connectivity index (χ0) is 41.7. The molecule has 0 spiro atoms. The molecule has 2 heterocycles. The van der Waals surface area contributed by atoms with Gasteiger partial charge in [0.05, 0.1) is 22.1 Å². The van der Waals surface area contributed by atoms with Crippen molar-refractivity contribution in [3.63, 3.8) is 0 Å². The van der Waals surface area contributed by atoms with Crippen molar-refractivity contribution in [2.45, 2.75) is 0 Å². The molecule has 0 radical (unpaired) electrons. The molecule has 0 fully saturated rings. The lowest BCUT2D eigenvalue weighted by Crippen LogP contribution is -2.75. The Balaban J connectivity index is 1.20. The second-order valence-corrected chi connectivity index (χ2v) is 20.2. The van der Waals surface area contributed by atoms with Gasteiger partial charge < -0.3 is 9.13 Å². The summed E-state index contributed by atoms with van der Waals surface area (Å²) >= 11 is 0. The monoisotopic (exact) mass is 818 g/mol. The van der Waals surface area contributed by atoms with Crippen molar-refractivity contribution in [2.75, 3.05) is 0 Å². The maximum absolute atomic E-state index is 3.01. The van der Waals surface area contributed by atoms with Gasteiger partial charge in [0.2, 0.25) is 0 Å². The molecule has 2 aromatic heterocycles. The van der Waals surface area contributed by atoms with Gasteiger partial charge in [-0.1, -0.05) is 212 Å². The van der Waals surface area contributed by atoms with Crippen LogP contribution >= 0.6 is 0 Å². The highest BCUT2D eigenvalue weighted by molar-refractivity contribution is 7.20. The number of para-hydroxylation sites is 2. The highest BCUT2D eigenvalue weighted by Gasteiger charge is 2.44. The maximum atomic E-state index is 2.59. The van der Waals surface area contributed by atoms with E-state index in [0.29, 0.717) is 0 Å². The van der Waals surface area contributed by atoms with E-state index in [2.05, 4.69) is 264 Å². The van der Waals surface area contributed by atoms with Crippen LogP contribution in [0.2, 0.25) is 0 Å². The molecule has 63 heavy (non-hydrogen) atoms. The number of aromatic nitrogens is 2. The Morgan fingerprint density at radius 3 is 1.32 bits per heavy atom. The summed E-state index contributed by atoms with van der Waals surface area (Å²) < 4.78 is 5.01. The highest BCUT2D eigenvalue weighted by Crippen LogP contribution is 2.41. The number of hydrogen-bond donors (Lipinski definition) is 0. The number of nitrogens with zero attached hydrogens (tertiary/aromatic N) is 2. The second-order valence-electron chi connectivity index (χ2n) is 16.4. The van der Waals surface area contributed by atoms with Gasteiger partial charge >= 0.3 is 0 Å². The molecule has 2 nitrogen and oxygen atoms in total. The van der Waals surface area contributed by atoms with Crippen LogP contribution in [-0.2, 0) is 0 Å². The molecule has 12 aromatic rings. The van der Waals surface area contributed by atoms with Crippen molar-refractivity contribution < 1.29 is 0 Å². The van der Waals surface area contributed by atoms with Crippen LogP contribution in [0.1, 0.15) is 0 Å². The van der Waals surface area contributed by atoms with Gasteiger partial charge in [-0.05, 0) is 85.5 Å². The summed E-state index contributed by atoms with van der Waals surface area (Å²) in [6.07, 6.45) is 0. The summed E-state index contributed by atoms with van der Waals surface area (Å²) in [5.41, 5.74) is 12.0. The molecule has 0 aliphatic rings. The molecule has 0 bridgehead atoms. The molecular weight excluding hydrogens is 777 g/mol. The number of rotatable bonds is 8. The zero-order valence-electron chi connectivity index (χ0n) is 34.6. The molecular formula is C60H42N2Si. The Morgan fingerprint density at radius 1 is 0.286 bits per heavy atom. The van der Waals surface area contributed by atoms with E-state index in [1.807, 2.05) is 0 Å². The van der Waals surface area contributed by atoms with E-state index in [0.717, 1.165) is 11.4 Å². The average molecular weight is 819 g/mol. The van der Waals surface area contributed by atoms with Gasteiger partial charge in [-0.3, -0.25) is 0 Å². The summed E-state index contributed by atoms with van der Waals surface area (Å²) in [7, 11) is -3.01. The van der Waals surface area contributed by atoms with Crippen molar-refractivity contribution >= 4 is 72.4 Å². The predicted octanol–water partition coefficient (Wildman–Crippen LogP) is 12.6. The minimum Gasteiger partial charge on any atom is -0.309 e. The first kappa shape index (κ1) is 36.8. The summed E-state index contributed by atoms with van der Waals surface area (Å²) in [5.74, 6) is 0. The van der Waals surface area contributed by atoms with Crippen LogP contribution in [0.25, 0.3) is 77.2 Å². The van der Waals surface area contributed by atoms with E-state index in [1.165, 1.54) is 86.6 Å². The van der Waals surface area contributed by atoms with Gasteiger partial charge in [0, 0.05) is 32.9 Å². The molecule has 0 atom stereocenters. The molecule has 296 valence electrons. The average Bonchev–Trinajstić information content (AvgIpc) is 3.89. The van der Waals surface area contributed by atoms with E-state index in [1.54, 1.807) is 0 Å². The fourth-order valence-corrected chi connectivity index (χ4v) is 15.3. The lowest BCUT2D eigenvalue weighted by Gasteiger charge is -2.35. The van der Waals surface area contributed by atoms with Crippen LogP contribution in [-0.4, -0.2) is 17.2 Å². The molecule has 0 saturated heterocycles. The third kappa shape index (κ3) is 5.85. The zero-order valence-corrected chi connectivity index (χ0v) is 35.6. The maximum Gasteiger partial charge on any atom is 0.181 e. The summed E-state index contributed by atoms with van der Waals surface area (Å²) in [6.45, 7) is 0. The Kier molecular flexibility index (Phi) is 8.87. The van der Waals surface area contributed by atoms with Crippen LogP contribution in [0.5, 0.6) is 0 Å². The molecule has 0 aliphatic carbocycles. The van der Waals surface area contributed by atoms with Gasteiger partial charge in [0.15, 0.2) is 8.07 Å². The summed E-state index contributed by atoms with van der Waals surface area (Å²) in [4.78, 5) is 0. The van der Waals surface area contributed by atoms with Crippen LogP contribution in [0.3, 0.4) is 0 Å². The molecule has 0 saturated carbocycles. The quantitative estimate of drug-likeness (QED) is 0.107. The fraction of sp³-hybridized carbons (Fsp3) is 0. The van der Waals surface area contributed by atoms with Crippen LogP contribution in [0.4, 0.5) is 0 Å². The van der Waals surface area contributed by atoms with Gasteiger partial charge in [-0.2, -0.15) is 0 Å². The minimum atomic E-state index is -3.01. The van der Waals surface area contributed by atoms with Crippen molar-refractivity contribution in [3.8, 4) is 33.6 Å². The molecule has 0 N–H and O–H groups in total. The second kappa shape index (κ2) is 15.2. The lowest BCUT2D eigenvalue weighted by molar-refractivity contribution is 1.17. The fourth-order valence-electron chi connectivity index (χ4n) is 10.4. The summed E-state index contributed by atoms with van der Waals surface area (Å²) in [5, 5.41) is 10.4. The van der Waals surface area contributed by atoms with Crippen molar-refractivity contribution in [1.82, 2.24) is 9.13 Å². The van der Waals surface area contributed by atoms with E-state index < -0.39 is 8.07 Å². The van der Waals surface area contributed by atoms with Gasteiger partial charge in [-0.25, -0.2) is 0 Å². The van der Waals surface area contributed by atoms with E-state index in [-0.39, 0.29) is 0 Å². The Labute approximate surface area is 368 Å².